The Kier molecular flexibility index (Phi) is 7.91. The van der Waals surface area contributed by atoms with Crippen LogP contribution in [0.3, 0.4) is 0 Å². The maximum absolute atomic E-state index is 12.3. The van der Waals surface area contributed by atoms with Crippen molar-refractivity contribution in [2.45, 2.75) is 85.4 Å². The molecule has 6 nitrogen and oxygen atoms in total. The predicted octanol–water partition coefficient (Wildman–Crippen LogP) is 5.57. The predicted molar refractivity (Wildman–Crippen MR) is 108 cm³/mol. The minimum atomic E-state index is -0.880. The Labute approximate surface area is 168 Å². The van der Waals surface area contributed by atoms with Crippen molar-refractivity contribution in [3.63, 3.8) is 0 Å². The molecule has 1 N–H and O–H groups in total. The standard InChI is InChI=1S/C22H34O6/c1-9-15(12-14(2)19(24)27-21(3,4)5)16-10-11-17(23)18(13-16)26-20(25)28-22(6,7)8/h10-11,13-15,23H,9,12H2,1-8H3. The van der Waals surface area contributed by atoms with Gasteiger partial charge in [0.05, 0.1) is 5.92 Å². The van der Waals surface area contributed by atoms with Crippen molar-refractivity contribution in [3.8, 4) is 11.5 Å². The van der Waals surface area contributed by atoms with Crippen molar-refractivity contribution in [1.29, 1.82) is 0 Å². The summed E-state index contributed by atoms with van der Waals surface area (Å²) in [6, 6.07) is 4.87. The number of rotatable bonds is 6. The summed E-state index contributed by atoms with van der Waals surface area (Å²) in [4.78, 5) is 24.2. The van der Waals surface area contributed by atoms with Crippen molar-refractivity contribution in [3.05, 3.63) is 23.8 Å². The summed E-state index contributed by atoms with van der Waals surface area (Å²) < 4.78 is 15.8. The second-order valence-electron chi connectivity index (χ2n) is 9.07. The number of carbonyl (C=O) groups is 2. The third kappa shape index (κ3) is 8.19. The van der Waals surface area contributed by atoms with E-state index in [0.29, 0.717) is 6.42 Å². The lowest BCUT2D eigenvalue weighted by molar-refractivity contribution is -0.159. The molecule has 0 aliphatic rings. The second-order valence-corrected chi connectivity index (χ2v) is 9.07. The number of carbonyl (C=O) groups excluding carboxylic acids is 2. The number of esters is 1. The summed E-state index contributed by atoms with van der Waals surface area (Å²) >= 11 is 0. The minimum Gasteiger partial charge on any atom is -0.504 e. The van der Waals surface area contributed by atoms with Gasteiger partial charge in [-0.05, 0) is 78.0 Å². The van der Waals surface area contributed by atoms with Crippen LogP contribution in [0.15, 0.2) is 18.2 Å². The van der Waals surface area contributed by atoms with Crippen molar-refractivity contribution in [2.24, 2.45) is 5.92 Å². The molecule has 0 aliphatic heterocycles. The first-order valence-electron chi connectivity index (χ1n) is 9.68. The van der Waals surface area contributed by atoms with Gasteiger partial charge in [0.25, 0.3) is 0 Å². The number of benzene rings is 1. The van der Waals surface area contributed by atoms with E-state index in [1.165, 1.54) is 6.07 Å². The number of hydrogen-bond donors (Lipinski definition) is 1. The molecule has 158 valence electrons. The molecule has 1 aromatic carbocycles. The normalized spacial score (nSPS) is 14.1. The maximum atomic E-state index is 12.3. The van der Waals surface area contributed by atoms with Crippen LogP contribution in [-0.4, -0.2) is 28.4 Å². The molecule has 1 rings (SSSR count). The fraction of sp³-hybridized carbons (Fsp3) is 0.636. The molecule has 0 radical (unpaired) electrons. The smallest absolute Gasteiger partial charge is 0.504 e. The summed E-state index contributed by atoms with van der Waals surface area (Å²) in [7, 11) is 0. The van der Waals surface area contributed by atoms with Crippen LogP contribution in [0.5, 0.6) is 11.5 Å². The van der Waals surface area contributed by atoms with Gasteiger partial charge in [0.2, 0.25) is 0 Å². The van der Waals surface area contributed by atoms with E-state index in [4.69, 9.17) is 14.2 Å². The Hall–Kier alpha value is -2.24. The van der Waals surface area contributed by atoms with E-state index in [-0.39, 0.29) is 29.3 Å². The van der Waals surface area contributed by atoms with Gasteiger partial charge in [0, 0.05) is 0 Å². The minimum absolute atomic E-state index is 0.0371. The first kappa shape index (κ1) is 23.8. The fourth-order valence-corrected chi connectivity index (χ4v) is 2.69. The van der Waals surface area contributed by atoms with Crippen molar-refractivity contribution >= 4 is 12.1 Å². The van der Waals surface area contributed by atoms with Crippen LogP contribution in [0.25, 0.3) is 0 Å². The molecule has 1 aromatic rings. The fourth-order valence-electron chi connectivity index (χ4n) is 2.69. The van der Waals surface area contributed by atoms with Crippen molar-refractivity contribution < 1.29 is 28.9 Å². The van der Waals surface area contributed by atoms with Crippen LogP contribution in [0.4, 0.5) is 4.79 Å². The van der Waals surface area contributed by atoms with Crippen LogP contribution >= 0.6 is 0 Å². The molecule has 0 saturated heterocycles. The van der Waals surface area contributed by atoms with Crippen molar-refractivity contribution in [1.82, 2.24) is 0 Å². The zero-order valence-electron chi connectivity index (χ0n) is 18.3. The van der Waals surface area contributed by atoms with Gasteiger partial charge in [-0.2, -0.15) is 0 Å². The van der Waals surface area contributed by atoms with Gasteiger partial charge >= 0.3 is 12.1 Å². The van der Waals surface area contributed by atoms with Gasteiger partial charge in [-0.15, -0.1) is 0 Å². The largest absolute Gasteiger partial charge is 0.514 e. The summed E-state index contributed by atoms with van der Waals surface area (Å²) in [6.07, 6.45) is 0.487. The highest BCUT2D eigenvalue weighted by molar-refractivity contribution is 5.72. The first-order valence-corrected chi connectivity index (χ1v) is 9.68. The molecule has 0 aliphatic carbocycles. The van der Waals surface area contributed by atoms with Gasteiger partial charge in [-0.3, -0.25) is 4.79 Å². The average Bonchev–Trinajstić information content (AvgIpc) is 2.51. The zero-order chi connectivity index (χ0) is 21.7. The van der Waals surface area contributed by atoms with Gasteiger partial charge in [0.15, 0.2) is 11.5 Å². The molecule has 0 saturated carbocycles. The van der Waals surface area contributed by atoms with Crippen LogP contribution in [0, 0.1) is 5.92 Å². The third-order valence-corrected chi connectivity index (χ3v) is 3.98. The van der Waals surface area contributed by atoms with Gasteiger partial charge in [-0.1, -0.05) is 19.9 Å². The Balaban J connectivity index is 2.92. The highest BCUT2D eigenvalue weighted by atomic mass is 16.7. The van der Waals surface area contributed by atoms with E-state index in [2.05, 4.69) is 0 Å². The number of phenols is 1. The lowest BCUT2D eigenvalue weighted by Gasteiger charge is -2.25. The topological polar surface area (TPSA) is 82.1 Å². The molecule has 0 amide bonds. The van der Waals surface area contributed by atoms with Crippen LogP contribution in [-0.2, 0) is 14.3 Å². The number of phenolic OH excluding ortho intramolecular Hbond substituents is 1. The van der Waals surface area contributed by atoms with E-state index in [9.17, 15) is 14.7 Å². The van der Waals surface area contributed by atoms with Gasteiger partial charge in [-0.25, -0.2) is 4.79 Å². The Bertz CT molecular complexity index is 681. The highest BCUT2D eigenvalue weighted by Crippen LogP contribution is 2.35. The summed E-state index contributed by atoms with van der Waals surface area (Å²) in [5, 5.41) is 10.0. The van der Waals surface area contributed by atoms with Crippen LogP contribution < -0.4 is 4.74 Å². The Morgan fingerprint density at radius 3 is 2.11 bits per heavy atom. The molecule has 0 heterocycles. The van der Waals surface area contributed by atoms with Crippen LogP contribution in [0.2, 0.25) is 0 Å². The van der Waals surface area contributed by atoms with E-state index in [0.717, 1.165) is 12.0 Å². The molecule has 0 fully saturated rings. The summed E-state index contributed by atoms with van der Waals surface area (Å²) in [6.45, 7) is 14.6. The van der Waals surface area contributed by atoms with Crippen molar-refractivity contribution in [2.75, 3.05) is 0 Å². The number of ether oxygens (including phenoxy) is 3. The first-order chi connectivity index (χ1) is 12.7. The monoisotopic (exact) mass is 394 g/mol. The third-order valence-electron chi connectivity index (χ3n) is 3.98. The zero-order valence-corrected chi connectivity index (χ0v) is 18.3. The molecule has 0 bridgehead atoms. The molecule has 0 spiro atoms. The average molecular weight is 395 g/mol. The van der Waals surface area contributed by atoms with Gasteiger partial charge in [0.1, 0.15) is 11.2 Å². The van der Waals surface area contributed by atoms with E-state index in [1.54, 1.807) is 32.9 Å². The van der Waals surface area contributed by atoms with E-state index < -0.39 is 17.4 Å². The van der Waals surface area contributed by atoms with E-state index >= 15 is 0 Å². The quantitative estimate of drug-likeness (QED) is 0.502. The number of aromatic hydroxyl groups is 1. The molecular weight excluding hydrogens is 360 g/mol. The SMILES string of the molecule is CCC(CC(C)C(=O)OC(C)(C)C)c1ccc(O)c(OC(=O)OC(C)(C)C)c1. The summed E-state index contributed by atoms with van der Waals surface area (Å²) in [5.74, 6) is -0.591. The lowest BCUT2D eigenvalue weighted by atomic mass is 9.87. The lowest BCUT2D eigenvalue weighted by Crippen LogP contribution is -2.28. The Morgan fingerprint density at radius 2 is 1.61 bits per heavy atom. The van der Waals surface area contributed by atoms with E-state index in [1.807, 2.05) is 34.6 Å². The molecule has 28 heavy (non-hydrogen) atoms. The number of hydrogen-bond acceptors (Lipinski definition) is 6. The van der Waals surface area contributed by atoms with Gasteiger partial charge < -0.3 is 19.3 Å². The Morgan fingerprint density at radius 1 is 1.04 bits per heavy atom. The van der Waals surface area contributed by atoms with Crippen LogP contribution in [0.1, 0.15) is 79.7 Å². The molecule has 2 unspecified atom stereocenters. The molecule has 6 heteroatoms. The maximum Gasteiger partial charge on any atom is 0.514 e. The molecule has 0 aromatic heterocycles. The molecule has 2 atom stereocenters. The summed E-state index contributed by atoms with van der Waals surface area (Å²) in [5.41, 5.74) is -0.353. The second kappa shape index (κ2) is 9.30. The highest BCUT2D eigenvalue weighted by Gasteiger charge is 2.25. The molecular formula is C22H34O6.